The minimum Gasteiger partial charge on any atom is -0.366 e. The number of hydrogen-bond acceptors (Lipinski definition) is 4. The Hall–Kier alpha value is -2.82. The zero-order valence-corrected chi connectivity index (χ0v) is 9.95. The van der Waals surface area contributed by atoms with Gasteiger partial charge in [0.25, 0.3) is 0 Å². The van der Waals surface area contributed by atoms with Gasteiger partial charge in [0.15, 0.2) is 0 Å². The van der Waals surface area contributed by atoms with Gasteiger partial charge in [-0.1, -0.05) is 6.07 Å². The van der Waals surface area contributed by atoms with Crippen LogP contribution in [0.2, 0.25) is 0 Å². The van der Waals surface area contributed by atoms with Crippen molar-refractivity contribution < 1.29 is 4.79 Å². The zero-order chi connectivity index (χ0) is 13.2. The van der Waals surface area contributed by atoms with E-state index in [4.69, 9.17) is 5.73 Å². The molecule has 5 heteroatoms. The van der Waals surface area contributed by atoms with Crippen LogP contribution in [0.15, 0.2) is 49.1 Å². The Labute approximate surface area is 109 Å². The number of primary amides is 1. The van der Waals surface area contributed by atoms with Crippen LogP contribution in [0.4, 0.5) is 0 Å². The molecule has 0 saturated heterocycles. The Kier molecular flexibility index (Phi) is 2.64. The second-order valence-corrected chi connectivity index (χ2v) is 4.09. The molecule has 0 radical (unpaired) electrons. The van der Waals surface area contributed by atoms with E-state index in [9.17, 15) is 4.79 Å². The molecule has 0 unspecified atom stereocenters. The largest absolute Gasteiger partial charge is 0.366 e. The number of carbonyl (C=O) groups is 1. The lowest BCUT2D eigenvalue weighted by Crippen LogP contribution is -2.11. The summed E-state index contributed by atoms with van der Waals surface area (Å²) in [6.45, 7) is 0. The molecule has 0 aliphatic rings. The lowest BCUT2D eigenvalue weighted by atomic mass is 10.1. The maximum atomic E-state index is 11.2. The lowest BCUT2D eigenvalue weighted by Gasteiger charge is -2.04. The van der Waals surface area contributed by atoms with Crippen molar-refractivity contribution in [3.8, 4) is 11.1 Å². The van der Waals surface area contributed by atoms with Gasteiger partial charge in [-0.15, -0.1) is 0 Å². The number of nitrogens with two attached hydrogens (primary N) is 1. The molecule has 92 valence electrons. The van der Waals surface area contributed by atoms with E-state index >= 15 is 0 Å². The van der Waals surface area contributed by atoms with Crippen molar-refractivity contribution >= 4 is 16.9 Å². The first-order valence-corrected chi connectivity index (χ1v) is 5.70. The number of hydrogen-bond donors (Lipinski definition) is 1. The minimum atomic E-state index is -0.491. The first kappa shape index (κ1) is 11.3. The number of nitrogens with zero attached hydrogens (tertiary/aromatic N) is 3. The van der Waals surface area contributed by atoms with E-state index in [0.717, 1.165) is 22.2 Å². The van der Waals surface area contributed by atoms with Gasteiger partial charge in [0.05, 0.1) is 16.6 Å². The molecule has 2 heterocycles. The third kappa shape index (κ3) is 2.13. The van der Waals surface area contributed by atoms with Crippen molar-refractivity contribution in [2.45, 2.75) is 0 Å². The second-order valence-electron chi connectivity index (χ2n) is 4.09. The van der Waals surface area contributed by atoms with Gasteiger partial charge in [-0.25, -0.2) is 0 Å². The fourth-order valence-electron chi connectivity index (χ4n) is 1.88. The first-order valence-electron chi connectivity index (χ1n) is 5.70. The summed E-state index contributed by atoms with van der Waals surface area (Å²) >= 11 is 0. The van der Waals surface area contributed by atoms with Crippen LogP contribution in [0.3, 0.4) is 0 Å². The van der Waals surface area contributed by atoms with Crippen LogP contribution in [0.5, 0.6) is 0 Å². The van der Waals surface area contributed by atoms with Crippen LogP contribution in [0.25, 0.3) is 22.2 Å². The SMILES string of the molecule is NC(=O)c1cncc(-c2ccc3nccnc3c2)c1. The van der Waals surface area contributed by atoms with Crippen LogP contribution in [-0.2, 0) is 0 Å². The average Bonchev–Trinajstić information content (AvgIpc) is 2.47. The third-order valence-corrected chi connectivity index (χ3v) is 2.83. The molecule has 0 atom stereocenters. The Balaban J connectivity index is 2.13. The van der Waals surface area contributed by atoms with Crippen molar-refractivity contribution in [3.63, 3.8) is 0 Å². The molecule has 0 spiro atoms. The highest BCUT2D eigenvalue weighted by Gasteiger charge is 2.05. The van der Waals surface area contributed by atoms with E-state index in [2.05, 4.69) is 15.0 Å². The third-order valence-electron chi connectivity index (χ3n) is 2.83. The molecular formula is C14H10N4O. The molecule has 2 aromatic heterocycles. The van der Waals surface area contributed by atoms with Crippen molar-refractivity contribution in [3.05, 3.63) is 54.6 Å². The fourth-order valence-corrected chi connectivity index (χ4v) is 1.88. The normalized spacial score (nSPS) is 10.5. The highest BCUT2D eigenvalue weighted by molar-refractivity contribution is 5.94. The number of carbonyl (C=O) groups excluding carboxylic acids is 1. The second kappa shape index (κ2) is 4.45. The summed E-state index contributed by atoms with van der Waals surface area (Å²) in [7, 11) is 0. The highest BCUT2D eigenvalue weighted by atomic mass is 16.1. The van der Waals surface area contributed by atoms with Crippen LogP contribution < -0.4 is 5.73 Å². The fraction of sp³-hybridized carbons (Fsp3) is 0. The average molecular weight is 250 g/mol. The molecule has 1 amide bonds. The number of aromatic nitrogens is 3. The van der Waals surface area contributed by atoms with Crippen LogP contribution in [-0.4, -0.2) is 20.9 Å². The van der Waals surface area contributed by atoms with Crippen LogP contribution in [0.1, 0.15) is 10.4 Å². The van der Waals surface area contributed by atoms with E-state index in [1.54, 1.807) is 24.7 Å². The van der Waals surface area contributed by atoms with Crippen molar-refractivity contribution in [2.75, 3.05) is 0 Å². The Morgan fingerprint density at radius 1 is 0.947 bits per heavy atom. The number of fused-ring (bicyclic) bond motifs is 1. The van der Waals surface area contributed by atoms with Gasteiger partial charge in [-0.05, 0) is 23.8 Å². The van der Waals surface area contributed by atoms with E-state index in [-0.39, 0.29) is 0 Å². The molecule has 0 aliphatic heterocycles. The zero-order valence-electron chi connectivity index (χ0n) is 9.95. The molecule has 3 rings (SSSR count). The summed E-state index contributed by atoms with van der Waals surface area (Å²) in [5.74, 6) is -0.491. The van der Waals surface area contributed by atoms with Crippen molar-refractivity contribution in [1.82, 2.24) is 15.0 Å². The molecule has 0 aliphatic carbocycles. The number of amides is 1. The van der Waals surface area contributed by atoms with E-state index in [0.29, 0.717) is 5.56 Å². The van der Waals surface area contributed by atoms with Gasteiger partial charge < -0.3 is 5.73 Å². The predicted octanol–water partition coefficient (Wildman–Crippen LogP) is 1.79. The maximum absolute atomic E-state index is 11.2. The van der Waals surface area contributed by atoms with Crippen LogP contribution in [0, 0.1) is 0 Å². The molecule has 1 aromatic carbocycles. The summed E-state index contributed by atoms with van der Waals surface area (Å²) in [6.07, 6.45) is 6.43. The monoisotopic (exact) mass is 250 g/mol. The van der Waals surface area contributed by atoms with Gasteiger partial charge in [-0.3, -0.25) is 19.7 Å². The summed E-state index contributed by atoms with van der Waals surface area (Å²) in [5, 5.41) is 0. The summed E-state index contributed by atoms with van der Waals surface area (Å²) in [4.78, 5) is 23.6. The van der Waals surface area contributed by atoms with Gasteiger partial charge in [0, 0.05) is 30.4 Å². The van der Waals surface area contributed by atoms with Crippen molar-refractivity contribution in [1.29, 1.82) is 0 Å². The molecule has 3 aromatic rings. The number of rotatable bonds is 2. The summed E-state index contributed by atoms with van der Waals surface area (Å²) in [5.41, 5.74) is 9.00. The summed E-state index contributed by atoms with van der Waals surface area (Å²) < 4.78 is 0. The van der Waals surface area contributed by atoms with Crippen LogP contribution >= 0.6 is 0 Å². The molecule has 0 bridgehead atoms. The highest BCUT2D eigenvalue weighted by Crippen LogP contribution is 2.22. The van der Waals surface area contributed by atoms with E-state index in [1.807, 2.05) is 18.2 Å². The Bertz CT molecular complexity index is 770. The Morgan fingerprint density at radius 3 is 2.53 bits per heavy atom. The number of benzene rings is 1. The maximum Gasteiger partial charge on any atom is 0.250 e. The number of pyridine rings is 1. The first-order chi connectivity index (χ1) is 9.24. The topological polar surface area (TPSA) is 81.8 Å². The van der Waals surface area contributed by atoms with Crippen molar-refractivity contribution in [2.24, 2.45) is 5.73 Å². The molecule has 2 N–H and O–H groups in total. The molecule has 5 nitrogen and oxygen atoms in total. The smallest absolute Gasteiger partial charge is 0.250 e. The molecule has 0 fully saturated rings. The van der Waals surface area contributed by atoms with Gasteiger partial charge >= 0.3 is 0 Å². The minimum absolute atomic E-state index is 0.386. The molecule has 19 heavy (non-hydrogen) atoms. The molecular weight excluding hydrogens is 240 g/mol. The van der Waals surface area contributed by atoms with Gasteiger partial charge in [0.2, 0.25) is 5.91 Å². The molecule has 0 saturated carbocycles. The standard InChI is InChI=1S/C14H10N4O/c15-14(19)11-5-10(7-16-8-11)9-1-2-12-13(6-9)18-4-3-17-12/h1-8H,(H2,15,19). The summed E-state index contributed by atoms with van der Waals surface area (Å²) in [6, 6.07) is 7.42. The lowest BCUT2D eigenvalue weighted by molar-refractivity contribution is 0.1000. The van der Waals surface area contributed by atoms with Gasteiger partial charge in [-0.2, -0.15) is 0 Å². The van der Waals surface area contributed by atoms with Gasteiger partial charge in [0.1, 0.15) is 0 Å². The van der Waals surface area contributed by atoms with E-state index in [1.165, 1.54) is 6.20 Å². The van der Waals surface area contributed by atoms with E-state index < -0.39 is 5.91 Å². The predicted molar refractivity (Wildman–Crippen MR) is 71.3 cm³/mol. The Morgan fingerprint density at radius 2 is 1.74 bits per heavy atom. The quantitative estimate of drug-likeness (QED) is 0.751.